The molecule has 30 heavy (non-hydrogen) atoms. The first kappa shape index (κ1) is 24.4. The van der Waals surface area contributed by atoms with E-state index in [0.717, 1.165) is 5.39 Å². The van der Waals surface area contributed by atoms with Crippen molar-refractivity contribution in [3.63, 3.8) is 0 Å². The van der Waals surface area contributed by atoms with E-state index in [0.29, 0.717) is 24.1 Å². The summed E-state index contributed by atoms with van der Waals surface area (Å²) in [7, 11) is 0. The van der Waals surface area contributed by atoms with Crippen LogP contribution in [0.15, 0.2) is 33.5 Å². The molecule has 10 N–H and O–H groups in total. The molecule has 2 rings (SSSR count). The van der Waals surface area contributed by atoms with Crippen LogP contribution in [0.2, 0.25) is 0 Å². The number of carboxylic acids is 2. The second-order valence-electron chi connectivity index (χ2n) is 6.13. The van der Waals surface area contributed by atoms with E-state index in [1.807, 2.05) is 12.1 Å². The number of guanidine groups is 1. The minimum Gasteiger partial charge on any atom is -0.480 e. The quantitative estimate of drug-likeness (QED) is 0.0867. The summed E-state index contributed by atoms with van der Waals surface area (Å²) < 4.78 is 5.24. The Morgan fingerprint density at radius 2 is 1.90 bits per heavy atom. The maximum atomic E-state index is 12.1. The van der Waals surface area contributed by atoms with Gasteiger partial charge in [-0.2, -0.15) is 0 Å². The van der Waals surface area contributed by atoms with Gasteiger partial charge in [-0.15, -0.1) is 0 Å². The van der Waals surface area contributed by atoms with Gasteiger partial charge in [-0.05, 0) is 31.4 Å². The summed E-state index contributed by atoms with van der Waals surface area (Å²) >= 11 is 0. The summed E-state index contributed by atoms with van der Waals surface area (Å²) in [5, 5.41) is 27.3. The standard InChI is InChI=1S/C16H21N5O4.C2H5NO2/c1-9-10-5-2-3-7-12(10)25-15(24)13(9)21-20-11(14(22)23)6-4-8-19-16(17)18;3-1-2(4)5/h2-3,5,7,11,20-21H,4,6,8H2,1H3,(H,22,23)(H4,17,18,19);1,3H2,(H,4,5)/t11-;/m0./s1. The van der Waals surface area contributed by atoms with Crippen molar-refractivity contribution in [2.75, 3.05) is 18.5 Å². The van der Waals surface area contributed by atoms with E-state index in [4.69, 9.17) is 20.7 Å². The van der Waals surface area contributed by atoms with Gasteiger partial charge in [0.2, 0.25) is 0 Å². The van der Waals surface area contributed by atoms with Gasteiger partial charge in [0.15, 0.2) is 5.96 Å². The summed E-state index contributed by atoms with van der Waals surface area (Å²) in [6.45, 7) is 1.87. The average Bonchev–Trinajstić information content (AvgIpc) is 2.69. The van der Waals surface area contributed by atoms with E-state index in [-0.39, 0.29) is 24.6 Å². The number of carbonyl (C=O) groups is 2. The molecule has 0 aliphatic rings. The number of hydrazine groups is 1. The molecule has 164 valence electrons. The van der Waals surface area contributed by atoms with E-state index in [2.05, 4.69) is 21.9 Å². The number of aryl methyl sites for hydroxylation is 1. The van der Waals surface area contributed by atoms with Crippen molar-refractivity contribution in [1.29, 1.82) is 5.41 Å². The lowest BCUT2D eigenvalue weighted by Gasteiger charge is -2.17. The van der Waals surface area contributed by atoms with Gasteiger partial charge in [0.1, 0.15) is 17.3 Å². The number of fused-ring (bicyclic) bond motifs is 1. The first-order valence-corrected chi connectivity index (χ1v) is 8.93. The third kappa shape index (κ3) is 7.77. The van der Waals surface area contributed by atoms with Crippen LogP contribution in [-0.2, 0) is 9.59 Å². The molecule has 1 heterocycles. The molecule has 0 aliphatic carbocycles. The van der Waals surface area contributed by atoms with Gasteiger partial charge in [0.05, 0.1) is 6.54 Å². The molecule has 0 saturated carbocycles. The molecular formula is C18H26N6O6. The minimum absolute atomic E-state index is 0.164. The lowest BCUT2D eigenvalue weighted by Crippen LogP contribution is -2.42. The van der Waals surface area contributed by atoms with Gasteiger partial charge in [-0.1, -0.05) is 18.2 Å². The fourth-order valence-corrected chi connectivity index (χ4v) is 2.39. The topological polar surface area (TPSA) is 217 Å². The van der Waals surface area contributed by atoms with Crippen molar-refractivity contribution in [3.8, 4) is 0 Å². The van der Waals surface area contributed by atoms with Crippen LogP contribution in [-0.4, -0.2) is 47.2 Å². The largest absolute Gasteiger partial charge is 0.480 e. The molecule has 1 atom stereocenters. The third-order valence-corrected chi connectivity index (χ3v) is 3.90. The zero-order valence-electron chi connectivity index (χ0n) is 16.4. The van der Waals surface area contributed by atoms with Crippen LogP contribution in [0.5, 0.6) is 0 Å². The minimum atomic E-state index is -1.06. The number of anilines is 1. The van der Waals surface area contributed by atoms with Gasteiger partial charge in [-0.25, -0.2) is 10.2 Å². The van der Waals surface area contributed by atoms with E-state index in [1.54, 1.807) is 19.1 Å². The molecule has 0 bridgehead atoms. The van der Waals surface area contributed by atoms with Gasteiger partial charge < -0.3 is 36.8 Å². The summed E-state index contributed by atoms with van der Waals surface area (Å²) in [5.41, 5.74) is 15.8. The molecule has 0 unspecified atom stereocenters. The molecule has 0 aliphatic heterocycles. The molecule has 0 radical (unpaired) electrons. The molecular weight excluding hydrogens is 396 g/mol. The van der Waals surface area contributed by atoms with Crippen LogP contribution in [0.4, 0.5) is 5.69 Å². The van der Waals surface area contributed by atoms with Crippen molar-refractivity contribution < 1.29 is 24.2 Å². The van der Waals surface area contributed by atoms with Crippen LogP contribution in [0.1, 0.15) is 18.4 Å². The Hall–Kier alpha value is -3.64. The number of para-hydroxylation sites is 1. The molecule has 1 aromatic carbocycles. The number of nitrogens with one attached hydrogen (secondary N) is 4. The Labute approximate surface area is 171 Å². The smallest absolute Gasteiger partial charge is 0.361 e. The Kier molecular flexibility index (Phi) is 9.79. The number of rotatable bonds is 9. The predicted octanol–water partition coefficient (Wildman–Crippen LogP) is -0.236. The molecule has 0 fully saturated rings. The highest BCUT2D eigenvalue weighted by molar-refractivity contribution is 5.84. The number of hydrogen-bond acceptors (Lipinski definition) is 8. The maximum absolute atomic E-state index is 12.1. The van der Waals surface area contributed by atoms with E-state index in [1.165, 1.54) is 0 Å². The zero-order valence-corrected chi connectivity index (χ0v) is 16.4. The average molecular weight is 422 g/mol. The second kappa shape index (κ2) is 12.0. The molecule has 2 aromatic rings. The Bertz CT molecular complexity index is 944. The van der Waals surface area contributed by atoms with Gasteiger partial charge in [0.25, 0.3) is 0 Å². The van der Waals surface area contributed by atoms with E-state index in [9.17, 15) is 19.5 Å². The lowest BCUT2D eigenvalue weighted by molar-refractivity contribution is -0.139. The van der Waals surface area contributed by atoms with Crippen molar-refractivity contribution in [2.24, 2.45) is 11.5 Å². The fraction of sp³-hybridized carbons (Fsp3) is 0.333. The number of nitrogens with two attached hydrogens (primary N) is 2. The molecule has 1 aromatic heterocycles. The van der Waals surface area contributed by atoms with Gasteiger partial charge in [-0.3, -0.25) is 15.0 Å². The second-order valence-corrected chi connectivity index (χ2v) is 6.13. The number of benzene rings is 1. The van der Waals surface area contributed by atoms with Crippen LogP contribution in [0, 0.1) is 12.3 Å². The van der Waals surface area contributed by atoms with Crippen molar-refractivity contribution in [2.45, 2.75) is 25.8 Å². The fourth-order valence-electron chi connectivity index (χ4n) is 2.39. The van der Waals surface area contributed by atoms with Crippen molar-refractivity contribution in [3.05, 3.63) is 40.2 Å². The first-order valence-electron chi connectivity index (χ1n) is 8.93. The molecule has 12 nitrogen and oxygen atoms in total. The van der Waals surface area contributed by atoms with Crippen LogP contribution in [0.25, 0.3) is 11.0 Å². The van der Waals surface area contributed by atoms with Crippen LogP contribution >= 0.6 is 0 Å². The summed E-state index contributed by atoms with van der Waals surface area (Å²) in [6.07, 6.45) is 0.761. The summed E-state index contributed by atoms with van der Waals surface area (Å²) in [4.78, 5) is 32.7. The number of hydrogen-bond donors (Lipinski definition) is 8. The normalized spacial score (nSPS) is 11.1. The van der Waals surface area contributed by atoms with Crippen molar-refractivity contribution in [1.82, 2.24) is 10.7 Å². The summed E-state index contributed by atoms with van der Waals surface area (Å²) in [5.74, 6) is -2.19. The highest BCUT2D eigenvalue weighted by Crippen LogP contribution is 2.21. The van der Waals surface area contributed by atoms with Gasteiger partial charge >= 0.3 is 17.6 Å². The molecule has 0 amide bonds. The van der Waals surface area contributed by atoms with Crippen LogP contribution < -0.4 is 33.3 Å². The third-order valence-electron chi connectivity index (χ3n) is 3.90. The highest BCUT2D eigenvalue weighted by Gasteiger charge is 2.18. The van der Waals surface area contributed by atoms with Gasteiger partial charge in [0, 0.05) is 11.9 Å². The van der Waals surface area contributed by atoms with Crippen molar-refractivity contribution >= 4 is 34.6 Å². The van der Waals surface area contributed by atoms with E-state index < -0.39 is 23.6 Å². The monoisotopic (exact) mass is 422 g/mol. The lowest BCUT2D eigenvalue weighted by atomic mass is 10.1. The molecule has 0 saturated heterocycles. The number of aliphatic carboxylic acids is 2. The molecule has 0 spiro atoms. The Balaban J connectivity index is 0.000000804. The predicted molar refractivity (Wildman–Crippen MR) is 111 cm³/mol. The Morgan fingerprint density at radius 1 is 1.27 bits per heavy atom. The van der Waals surface area contributed by atoms with Crippen LogP contribution in [0.3, 0.4) is 0 Å². The maximum Gasteiger partial charge on any atom is 0.361 e. The number of carboxylic acid groups (broad SMARTS) is 2. The first-order chi connectivity index (χ1) is 14.2. The summed E-state index contributed by atoms with van der Waals surface area (Å²) in [6, 6.07) is 6.20. The molecule has 12 heteroatoms. The zero-order chi connectivity index (χ0) is 22.7. The Morgan fingerprint density at radius 3 is 2.47 bits per heavy atom. The SMILES string of the molecule is Cc1c(NN[C@@H](CCCNC(=N)N)C(=O)O)c(=O)oc2ccccc12.NCC(=O)O. The highest BCUT2D eigenvalue weighted by atomic mass is 16.4. The van der Waals surface area contributed by atoms with E-state index >= 15 is 0 Å².